The maximum absolute atomic E-state index is 6.47. The Morgan fingerprint density at radius 1 is 1.06 bits per heavy atom. The largest absolute Gasteiger partial charge is 0.438 e. The second-order valence-corrected chi connectivity index (χ2v) is 9.08. The molecule has 2 aromatic heterocycles. The Morgan fingerprint density at radius 2 is 1.82 bits per heavy atom. The van der Waals surface area contributed by atoms with Gasteiger partial charge in [-0.25, -0.2) is 4.98 Å². The molecular weight excluding hydrogens is 430 g/mol. The lowest BCUT2D eigenvalue weighted by molar-refractivity contribution is 0.448. The average Bonchev–Trinajstić information content (AvgIpc) is 3.23. The summed E-state index contributed by atoms with van der Waals surface area (Å²) in [4.78, 5) is 10.7. The van der Waals surface area contributed by atoms with Crippen molar-refractivity contribution in [2.45, 2.75) is 44.9 Å². The molecule has 4 rings (SSSR count). The van der Waals surface area contributed by atoms with E-state index in [-0.39, 0.29) is 0 Å². The zero-order valence-electron chi connectivity index (χ0n) is 19.7. The van der Waals surface area contributed by atoms with Crippen molar-refractivity contribution in [2.24, 2.45) is 7.05 Å². The summed E-state index contributed by atoms with van der Waals surface area (Å²) in [7, 11) is 1.89. The Bertz CT molecular complexity index is 1250. The van der Waals surface area contributed by atoms with Crippen LogP contribution in [0.3, 0.4) is 0 Å². The first-order valence-corrected chi connectivity index (χ1v) is 11.9. The van der Waals surface area contributed by atoms with Gasteiger partial charge in [-0.05, 0) is 48.4 Å². The summed E-state index contributed by atoms with van der Waals surface area (Å²) in [5.74, 6) is 2.23. The number of hydrogen-bond donors (Lipinski definition) is 1. The molecule has 0 radical (unpaired) electrons. The van der Waals surface area contributed by atoms with Crippen LogP contribution in [-0.2, 0) is 13.5 Å². The fraction of sp³-hybridized carbons (Fsp3) is 0.269. The molecule has 0 saturated heterocycles. The lowest BCUT2D eigenvalue weighted by Crippen LogP contribution is -2.05. The molecule has 0 spiro atoms. The highest BCUT2D eigenvalue weighted by molar-refractivity contribution is 8.00. The van der Waals surface area contributed by atoms with Gasteiger partial charge in [0.2, 0.25) is 11.8 Å². The molecule has 2 heterocycles. The number of anilines is 1. The molecule has 33 heavy (non-hydrogen) atoms. The van der Waals surface area contributed by atoms with Crippen LogP contribution >= 0.6 is 11.9 Å². The van der Waals surface area contributed by atoms with Crippen LogP contribution in [0.15, 0.2) is 65.8 Å². The summed E-state index contributed by atoms with van der Waals surface area (Å²) >= 11 is 1.43. The van der Waals surface area contributed by atoms with Crippen LogP contribution in [0, 0.1) is 6.92 Å². The van der Waals surface area contributed by atoms with E-state index < -0.39 is 0 Å². The topological polar surface area (TPSA) is 64.9 Å². The molecule has 6 nitrogen and oxygen atoms in total. The third-order valence-electron chi connectivity index (χ3n) is 5.41. The molecule has 0 atom stereocenters. The Kier molecular flexibility index (Phi) is 6.99. The monoisotopic (exact) mass is 459 g/mol. The van der Waals surface area contributed by atoms with Crippen molar-refractivity contribution in [3.8, 4) is 22.9 Å². The van der Waals surface area contributed by atoms with Gasteiger partial charge < -0.3 is 4.74 Å². The molecule has 0 aliphatic heterocycles. The standard InChI is InChI=1S/C26H29N5OS/c1-6-20-24(22-13-8-7-11-18(22)4)28-26(30-33-19-15-27-31(5)16-19)29-25(20)32-23-14-10-9-12-21(23)17(2)3/h7-17H,6H2,1-5H3,(H,28,29,30). The molecule has 0 aliphatic carbocycles. The Balaban J connectivity index is 1.80. The normalized spacial score (nSPS) is 11.1. The molecule has 2 aromatic carbocycles. The number of hydrogen-bond acceptors (Lipinski definition) is 6. The Hall–Kier alpha value is -3.32. The quantitative estimate of drug-likeness (QED) is 0.293. The number of rotatable bonds is 8. The lowest BCUT2D eigenvalue weighted by Gasteiger charge is -2.18. The van der Waals surface area contributed by atoms with E-state index in [9.17, 15) is 0 Å². The number of aromatic nitrogens is 4. The first-order valence-electron chi connectivity index (χ1n) is 11.1. The number of aryl methyl sites for hydroxylation is 2. The maximum Gasteiger partial charge on any atom is 0.237 e. The van der Waals surface area contributed by atoms with Gasteiger partial charge in [-0.15, -0.1) is 0 Å². The summed E-state index contributed by atoms with van der Waals surface area (Å²) in [5.41, 5.74) is 5.25. The number of benzene rings is 2. The average molecular weight is 460 g/mol. The van der Waals surface area contributed by atoms with Crippen LogP contribution in [0.1, 0.15) is 43.4 Å². The van der Waals surface area contributed by atoms with Gasteiger partial charge in [-0.2, -0.15) is 10.1 Å². The molecule has 4 aromatic rings. The van der Waals surface area contributed by atoms with Crippen molar-refractivity contribution in [3.05, 3.63) is 77.6 Å². The van der Waals surface area contributed by atoms with Gasteiger partial charge in [-0.1, -0.05) is 63.2 Å². The lowest BCUT2D eigenvalue weighted by atomic mass is 10.0. The molecule has 0 unspecified atom stereocenters. The van der Waals surface area contributed by atoms with Crippen LogP contribution in [0.2, 0.25) is 0 Å². The molecule has 1 N–H and O–H groups in total. The van der Waals surface area contributed by atoms with E-state index in [1.807, 2.05) is 43.6 Å². The van der Waals surface area contributed by atoms with Gasteiger partial charge in [0.15, 0.2) is 0 Å². The molecule has 0 amide bonds. The van der Waals surface area contributed by atoms with Crippen molar-refractivity contribution in [1.29, 1.82) is 0 Å². The minimum Gasteiger partial charge on any atom is -0.438 e. The van der Waals surface area contributed by atoms with Crippen molar-refractivity contribution in [3.63, 3.8) is 0 Å². The fourth-order valence-electron chi connectivity index (χ4n) is 3.68. The van der Waals surface area contributed by atoms with Crippen LogP contribution in [0.25, 0.3) is 11.3 Å². The second-order valence-electron chi connectivity index (χ2n) is 8.20. The summed E-state index contributed by atoms with van der Waals surface area (Å²) in [5, 5.41) is 4.22. The van der Waals surface area contributed by atoms with E-state index in [0.717, 1.165) is 45.0 Å². The van der Waals surface area contributed by atoms with Crippen LogP contribution in [-0.4, -0.2) is 19.7 Å². The van der Waals surface area contributed by atoms with Crippen LogP contribution in [0.4, 0.5) is 5.95 Å². The number of nitrogens with zero attached hydrogens (tertiary/aromatic N) is 4. The van der Waals surface area contributed by atoms with Gasteiger partial charge in [0, 0.05) is 24.4 Å². The van der Waals surface area contributed by atoms with Gasteiger partial charge in [0.05, 0.1) is 16.8 Å². The first-order chi connectivity index (χ1) is 16.0. The predicted octanol–water partition coefficient (Wildman–Crippen LogP) is 6.78. The number of ether oxygens (including phenoxy) is 1. The summed E-state index contributed by atoms with van der Waals surface area (Å²) in [6, 6.07) is 16.4. The van der Waals surface area contributed by atoms with Crippen molar-refractivity contribution < 1.29 is 4.74 Å². The smallest absolute Gasteiger partial charge is 0.237 e. The summed E-state index contributed by atoms with van der Waals surface area (Å²) in [6.45, 7) is 8.54. The molecule has 0 fully saturated rings. The Labute approximate surface area is 199 Å². The molecule has 0 saturated carbocycles. The van der Waals surface area contributed by atoms with E-state index in [2.05, 4.69) is 55.7 Å². The number of para-hydroxylation sites is 1. The predicted molar refractivity (Wildman–Crippen MR) is 135 cm³/mol. The minimum atomic E-state index is 0.336. The second kappa shape index (κ2) is 10.1. The van der Waals surface area contributed by atoms with E-state index in [0.29, 0.717) is 17.7 Å². The van der Waals surface area contributed by atoms with E-state index in [4.69, 9.17) is 14.7 Å². The maximum atomic E-state index is 6.47. The third-order valence-corrected chi connectivity index (χ3v) is 6.14. The SMILES string of the molecule is CCc1c(Oc2ccccc2C(C)C)nc(NSc2cnn(C)c2)nc1-c1ccccc1C. The molecule has 170 valence electrons. The van der Waals surface area contributed by atoms with E-state index in [1.165, 1.54) is 11.9 Å². The molecule has 0 bridgehead atoms. The van der Waals surface area contributed by atoms with Crippen molar-refractivity contribution >= 4 is 17.9 Å². The van der Waals surface area contributed by atoms with Gasteiger partial charge in [-0.3, -0.25) is 9.40 Å². The number of nitrogens with one attached hydrogen (secondary N) is 1. The van der Waals surface area contributed by atoms with Crippen molar-refractivity contribution in [2.75, 3.05) is 4.72 Å². The zero-order chi connectivity index (χ0) is 23.4. The highest BCUT2D eigenvalue weighted by Crippen LogP contribution is 2.37. The Morgan fingerprint density at radius 3 is 2.52 bits per heavy atom. The zero-order valence-corrected chi connectivity index (χ0v) is 20.5. The van der Waals surface area contributed by atoms with Crippen molar-refractivity contribution in [1.82, 2.24) is 19.7 Å². The minimum absolute atomic E-state index is 0.336. The summed E-state index contributed by atoms with van der Waals surface area (Å²) in [6.07, 6.45) is 4.49. The highest BCUT2D eigenvalue weighted by atomic mass is 32.2. The first kappa shape index (κ1) is 22.9. The van der Waals surface area contributed by atoms with Gasteiger partial charge in [0.1, 0.15) is 5.75 Å². The van der Waals surface area contributed by atoms with Crippen LogP contribution < -0.4 is 9.46 Å². The molecule has 0 aliphatic rings. The molecular formula is C26H29N5OS. The molecule has 7 heteroatoms. The summed E-state index contributed by atoms with van der Waals surface area (Å²) < 4.78 is 11.5. The third kappa shape index (κ3) is 5.20. The van der Waals surface area contributed by atoms with Crippen LogP contribution in [0.5, 0.6) is 11.6 Å². The van der Waals surface area contributed by atoms with Gasteiger partial charge in [0.25, 0.3) is 0 Å². The highest BCUT2D eigenvalue weighted by Gasteiger charge is 2.19. The fourth-order valence-corrected chi connectivity index (χ4v) is 4.29. The van der Waals surface area contributed by atoms with E-state index in [1.54, 1.807) is 10.9 Å². The van der Waals surface area contributed by atoms with E-state index >= 15 is 0 Å². The van der Waals surface area contributed by atoms with Gasteiger partial charge >= 0.3 is 0 Å².